The second-order valence-corrected chi connectivity index (χ2v) is 3.41. The number of aromatic nitrogens is 2. The summed E-state index contributed by atoms with van der Waals surface area (Å²) in [6, 6.07) is 0. The van der Waals surface area contributed by atoms with E-state index in [1.807, 2.05) is 0 Å². The number of β-amino-alcohol motifs (C(OH)–C–C–N with tert-alkyl or cyclic N) is 1. The van der Waals surface area contributed by atoms with Gasteiger partial charge in [0.1, 0.15) is 0 Å². The minimum atomic E-state index is -0.187. The fraction of sp³-hybridized carbons (Fsp3) is 0.750. The standard InChI is InChI=1S/C8H13N3O2/c1-6-9-8(10-13-6)5-11-3-2-7(12)4-11/h7,12H,2-5H2,1H3/t7-/m0/s1. The monoisotopic (exact) mass is 183 g/mol. The molecule has 0 aliphatic carbocycles. The molecule has 0 amide bonds. The van der Waals surface area contributed by atoms with Crippen molar-refractivity contribution in [3.8, 4) is 0 Å². The molecule has 1 aliphatic rings. The van der Waals surface area contributed by atoms with Gasteiger partial charge in [0.25, 0.3) is 0 Å². The molecule has 13 heavy (non-hydrogen) atoms. The Morgan fingerprint density at radius 3 is 3.08 bits per heavy atom. The Labute approximate surface area is 76.4 Å². The van der Waals surface area contributed by atoms with Gasteiger partial charge in [-0.1, -0.05) is 5.16 Å². The van der Waals surface area contributed by atoms with Crippen molar-refractivity contribution in [3.63, 3.8) is 0 Å². The minimum absolute atomic E-state index is 0.187. The first kappa shape index (κ1) is 8.65. The maximum absolute atomic E-state index is 9.28. The van der Waals surface area contributed by atoms with Crippen LogP contribution in [0.3, 0.4) is 0 Å². The topological polar surface area (TPSA) is 62.4 Å². The fourth-order valence-electron chi connectivity index (χ4n) is 1.56. The van der Waals surface area contributed by atoms with E-state index in [1.165, 1.54) is 0 Å². The summed E-state index contributed by atoms with van der Waals surface area (Å²) < 4.78 is 4.85. The SMILES string of the molecule is Cc1nc(CN2CC[C@H](O)C2)no1. The molecule has 72 valence electrons. The Bertz CT molecular complexity index is 287. The smallest absolute Gasteiger partial charge is 0.223 e. The van der Waals surface area contributed by atoms with Gasteiger partial charge in [-0.25, -0.2) is 0 Å². The highest BCUT2D eigenvalue weighted by atomic mass is 16.5. The molecule has 1 aromatic rings. The van der Waals surface area contributed by atoms with E-state index >= 15 is 0 Å². The van der Waals surface area contributed by atoms with Crippen LogP contribution in [-0.2, 0) is 6.54 Å². The van der Waals surface area contributed by atoms with Crippen LogP contribution in [0.4, 0.5) is 0 Å². The molecule has 5 heteroatoms. The van der Waals surface area contributed by atoms with Crippen molar-refractivity contribution >= 4 is 0 Å². The molecule has 1 aliphatic heterocycles. The summed E-state index contributed by atoms with van der Waals surface area (Å²) in [6.45, 7) is 4.08. The number of aryl methyl sites for hydroxylation is 1. The molecule has 1 atom stereocenters. The van der Waals surface area contributed by atoms with Crippen LogP contribution in [0.1, 0.15) is 18.1 Å². The third-order valence-electron chi connectivity index (χ3n) is 2.18. The Morgan fingerprint density at radius 1 is 1.69 bits per heavy atom. The van der Waals surface area contributed by atoms with Crippen molar-refractivity contribution in [1.82, 2.24) is 15.0 Å². The van der Waals surface area contributed by atoms with Gasteiger partial charge in [0.05, 0.1) is 12.6 Å². The van der Waals surface area contributed by atoms with Gasteiger partial charge in [-0.05, 0) is 6.42 Å². The maximum Gasteiger partial charge on any atom is 0.223 e. The van der Waals surface area contributed by atoms with Crippen LogP contribution in [0, 0.1) is 6.92 Å². The Morgan fingerprint density at radius 2 is 2.54 bits per heavy atom. The lowest BCUT2D eigenvalue weighted by molar-refractivity contribution is 0.173. The summed E-state index contributed by atoms with van der Waals surface area (Å²) in [6.07, 6.45) is 0.657. The number of nitrogens with zero attached hydrogens (tertiary/aromatic N) is 3. The molecule has 0 radical (unpaired) electrons. The number of aliphatic hydroxyl groups is 1. The van der Waals surface area contributed by atoms with Gasteiger partial charge >= 0.3 is 0 Å². The van der Waals surface area contributed by atoms with Crippen LogP contribution in [-0.4, -0.2) is 39.3 Å². The zero-order valence-corrected chi connectivity index (χ0v) is 7.60. The zero-order valence-electron chi connectivity index (χ0n) is 7.60. The average Bonchev–Trinajstić information content (AvgIpc) is 2.62. The Balaban J connectivity index is 1.91. The van der Waals surface area contributed by atoms with E-state index in [9.17, 15) is 5.11 Å². The Kier molecular flexibility index (Phi) is 2.28. The highest BCUT2D eigenvalue weighted by Crippen LogP contribution is 2.11. The molecule has 2 rings (SSSR count). The predicted molar refractivity (Wildman–Crippen MR) is 44.9 cm³/mol. The molecular weight excluding hydrogens is 170 g/mol. The van der Waals surface area contributed by atoms with E-state index in [-0.39, 0.29) is 6.10 Å². The van der Waals surface area contributed by atoms with Crippen LogP contribution in [0.2, 0.25) is 0 Å². The first-order valence-corrected chi connectivity index (χ1v) is 4.43. The van der Waals surface area contributed by atoms with Crippen molar-refractivity contribution in [2.24, 2.45) is 0 Å². The highest BCUT2D eigenvalue weighted by molar-refractivity contribution is 4.86. The van der Waals surface area contributed by atoms with Crippen molar-refractivity contribution in [2.45, 2.75) is 26.0 Å². The first-order chi connectivity index (χ1) is 6.24. The molecule has 0 bridgehead atoms. The van der Waals surface area contributed by atoms with Crippen molar-refractivity contribution in [2.75, 3.05) is 13.1 Å². The molecule has 2 heterocycles. The quantitative estimate of drug-likeness (QED) is 0.696. The summed E-state index contributed by atoms with van der Waals surface area (Å²) in [5.74, 6) is 1.29. The third kappa shape index (κ3) is 2.05. The number of hydrogen-bond donors (Lipinski definition) is 1. The van der Waals surface area contributed by atoms with E-state index in [4.69, 9.17) is 4.52 Å². The van der Waals surface area contributed by atoms with Gasteiger partial charge in [-0.2, -0.15) is 4.98 Å². The summed E-state index contributed by atoms with van der Waals surface area (Å²) in [5.41, 5.74) is 0. The first-order valence-electron chi connectivity index (χ1n) is 4.43. The minimum Gasteiger partial charge on any atom is -0.392 e. The number of aliphatic hydroxyl groups excluding tert-OH is 1. The molecule has 5 nitrogen and oxygen atoms in total. The molecule has 1 N–H and O–H groups in total. The third-order valence-corrected chi connectivity index (χ3v) is 2.18. The number of likely N-dealkylation sites (tertiary alicyclic amines) is 1. The largest absolute Gasteiger partial charge is 0.392 e. The van der Waals surface area contributed by atoms with Crippen LogP contribution in [0.15, 0.2) is 4.52 Å². The summed E-state index contributed by atoms with van der Waals surface area (Å²) >= 11 is 0. The molecule has 1 aromatic heterocycles. The summed E-state index contributed by atoms with van der Waals surface area (Å²) in [4.78, 5) is 6.22. The molecule has 1 fully saturated rings. The maximum atomic E-state index is 9.28. The lowest BCUT2D eigenvalue weighted by atomic mass is 10.3. The van der Waals surface area contributed by atoms with Gasteiger partial charge < -0.3 is 9.63 Å². The van der Waals surface area contributed by atoms with E-state index < -0.39 is 0 Å². The van der Waals surface area contributed by atoms with Crippen molar-refractivity contribution < 1.29 is 9.63 Å². The number of hydrogen-bond acceptors (Lipinski definition) is 5. The molecule has 0 unspecified atom stereocenters. The molecule has 0 saturated carbocycles. The van der Waals surface area contributed by atoms with Crippen LogP contribution >= 0.6 is 0 Å². The predicted octanol–water partition coefficient (Wildman–Crippen LogP) is -0.0554. The molecule has 1 saturated heterocycles. The van der Waals surface area contributed by atoms with Crippen LogP contribution < -0.4 is 0 Å². The van der Waals surface area contributed by atoms with Gasteiger partial charge in [-0.15, -0.1) is 0 Å². The number of rotatable bonds is 2. The molecular formula is C8H13N3O2. The summed E-state index contributed by atoms with van der Waals surface area (Å²) in [5, 5.41) is 13.1. The fourth-order valence-corrected chi connectivity index (χ4v) is 1.56. The van der Waals surface area contributed by atoms with Crippen molar-refractivity contribution in [1.29, 1.82) is 0 Å². The van der Waals surface area contributed by atoms with Gasteiger partial charge in [-0.3, -0.25) is 4.90 Å². The van der Waals surface area contributed by atoms with Gasteiger partial charge in [0, 0.05) is 20.0 Å². The van der Waals surface area contributed by atoms with E-state index in [0.29, 0.717) is 24.8 Å². The van der Waals surface area contributed by atoms with Crippen LogP contribution in [0.5, 0.6) is 0 Å². The second kappa shape index (κ2) is 3.43. The molecule has 0 spiro atoms. The zero-order chi connectivity index (χ0) is 9.26. The summed E-state index contributed by atoms with van der Waals surface area (Å²) in [7, 11) is 0. The van der Waals surface area contributed by atoms with E-state index in [1.54, 1.807) is 6.92 Å². The lowest BCUT2D eigenvalue weighted by Crippen LogP contribution is -2.22. The second-order valence-electron chi connectivity index (χ2n) is 3.41. The average molecular weight is 183 g/mol. The van der Waals surface area contributed by atoms with Crippen LogP contribution in [0.25, 0.3) is 0 Å². The van der Waals surface area contributed by atoms with E-state index in [2.05, 4.69) is 15.0 Å². The van der Waals surface area contributed by atoms with Gasteiger partial charge in [0.2, 0.25) is 5.89 Å². The Hall–Kier alpha value is -0.940. The normalized spacial score (nSPS) is 24.0. The van der Waals surface area contributed by atoms with E-state index in [0.717, 1.165) is 13.0 Å². The molecule has 0 aromatic carbocycles. The lowest BCUT2D eigenvalue weighted by Gasteiger charge is -2.10. The van der Waals surface area contributed by atoms with Gasteiger partial charge in [0.15, 0.2) is 5.82 Å². The van der Waals surface area contributed by atoms with Crippen molar-refractivity contribution in [3.05, 3.63) is 11.7 Å². The highest BCUT2D eigenvalue weighted by Gasteiger charge is 2.21.